The maximum atomic E-state index is 13.0. The van der Waals surface area contributed by atoms with Gasteiger partial charge in [0.2, 0.25) is 0 Å². The molecule has 1 saturated heterocycles. The minimum atomic E-state index is -0.845. The van der Waals surface area contributed by atoms with Crippen molar-refractivity contribution >= 4 is 17.4 Å². The second kappa shape index (κ2) is 9.09. The van der Waals surface area contributed by atoms with Crippen molar-refractivity contribution in [2.75, 3.05) is 6.61 Å². The average molecular weight is 432 g/mol. The molecule has 1 unspecified atom stereocenters. The van der Waals surface area contributed by atoms with Crippen LogP contribution < -0.4 is 4.74 Å². The molecule has 1 aliphatic rings. The van der Waals surface area contributed by atoms with Gasteiger partial charge < -0.3 is 19.2 Å². The third-order valence-electron chi connectivity index (χ3n) is 5.14. The Morgan fingerprint density at radius 1 is 1.16 bits per heavy atom. The summed E-state index contributed by atoms with van der Waals surface area (Å²) < 4.78 is 11.2. The van der Waals surface area contributed by atoms with Gasteiger partial charge in [-0.25, -0.2) is 0 Å². The average Bonchev–Trinajstić information content (AvgIpc) is 3.41. The molecule has 2 aromatic heterocycles. The lowest BCUT2D eigenvalue weighted by molar-refractivity contribution is -0.140. The van der Waals surface area contributed by atoms with Gasteiger partial charge >= 0.3 is 0 Å². The zero-order valence-electron chi connectivity index (χ0n) is 17.9. The predicted molar refractivity (Wildman–Crippen MR) is 118 cm³/mol. The highest BCUT2D eigenvalue weighted by atomic mass is 16.5. The van der Waals surface area contributed by atoms with Crippen molar-refractivity contribution in [3.05, 3.63) is 89.6 Å². The van der Waals surface area contributed by atoms with E-state index in [-0.39, 0.29) is 17.9 Å². The van der Waals surface area contributed by atoms with E-state index in [1.165, 1.54) is 11.2 Å². The van der Waals surface area contributed by atoms with Gasteiger partial charge in [0.25, 0.3) is 11.7 Å². The molecule has 3 heterocycles. The number of ether oxygens (including phenoxy) is 1. The van der Waals surface area contributed by atoms with Crippen LogP contribution in [0.1, 0.15) is 36.8 Å². The van der Waals surface area contributed by atoms with Gasteiger partial charge in [0, 0.05) is 24.5 Å². The van der Waals surface area contributed by atoms with Gasteiger partial charge in [-0.2, -0.15) is 0 Å². The number of carbonyl (C=O) groups is 2. The zero-order chi connectivity index (χ0) is 22.7. The van der Waals surface area contributed by atoms with Crippen LogP contribution in [-0.4, -0.2) is 33.3 Å². The molecule has 7 heteroatoms. The van der Waals surface area contributed by atoms with Crippen LogP contribution in [0.15, 0.2) is 77.2 Å². The molecule has 164 valence electrons. The summed E-state index contributed by atoms with van der Waals surface area (Å²) in [7, 11) is 0. The number of furan rings is 1. The number of pyridine rings is 1. The summed E-state index contributed by atoms with van der Waals surface area (Å²) in [5.74, 6) is -0.274. The Bertz CT molecular complexity index is 1120. The summed E-state index contributed by atoms with van der Waals surface area (Å²) in [5, 5.41) is 11.1. The Labute approximate surface area is 186 Å². The summed E-state index contributed by atoms with van der Waals surface area (Å²) in [4.78, 5) is 31.4. The number of benzene rings is 1. The lowest BCUT2D eigenvalue weighted by Gasteiger charge is -2.23. The van der Waals surface area contributed by atoms with Crippen molar-refractivity contribution in [1.82, 2.24) is 9.88 Å². The fourth-order valence-electron chi connectivity index (χ4n) is 3.60. The topological polar surface area (TPSA) is 92.9 Å². The largest absolute Gasteiger partial charge is 0.507 e. The quantitative estimate of drug-likeness (QED) is 0.339. The predicted octanol–water partition coefficient (Wildman–Crippen LogP) is 4.33. The molecule has 1 atom stereocenters. The van der Waals surface area contributed by atoms with Gasteiger partial charge in [0.15, 0.2) is 0 Å². The van der Waals surface area contributed by atoms with Crippen molar-refractivity contribution in [2.24, 2.45) is 5.92 Å². The number of hydrogen-bond acceptors (Lipinski definition) is 6. The number of aromatic nitrogens is 1. The van der Waals surface area contributed by atoms with Crippen molar-refractivity contribution in [2.45, 2.75) is 26.4 Å². The second-order valence-electron chi connectivity index (χ2n) is 8.03. The lowest BCUT2D eigenvalue weighted by Crippen LogP contribution is -2.29. The molecule has 1 aliphatic heterocycles. The van der Waals surface area contributed by atoms with Crippen molar-refractivity contribution < 1.29 is 23.8 Å². The minimum Gasteiger partial charge on any atom is -0.507 e. The molecule has 0 radical (unpaired) electrons. The molecule has 7 nitrogen and oxygen atoms in total. The molecular weight excluding hydrogens is 408 g/mol. The standard InChI is InChI=1S/C25H24N2O5/c1-16(2)15-32-19-9-7-18(8-10-19)23(28)21-22(20-6-4-12-31-20)27(25(30)24(21)29)14-17-5-3-11-26-13-17/h3-13,16,22,28H,14-15H2,1-2H3/b23-21-. The summed E-state index contributed by atoms with van der Waals surface area (Å²) in [6, 6.07) is 12.9. The fraction of sp³-hybridized carbons (Fsp3) is 0.240. The molecule has 0 spiro atoms. The third-order valence-corrected chi connectivity index (χ3v) is 5.14. The van der Waals surface area contributed by atoms with Gasteiger partial charge in [-0.15, -0.1) is 0 Å². The molecule has 3 aromatic rings. The van der Waals surface area contributed by atoms with Gasteiger partial charge in [-0.3, -0.25) is 14.6 Å². The summed E-state index contributed by atoms with van der Waals surface area (Å²) in [6.07, 6.45) is 4.74. The molecule has 1 aromatic carbocycles. The maximum absolute atomic E-state index is 13.0. The summed E-state index contributed by atoms with van der Waals surface area (Å²) >= 11 is 0. The van der Waals surface area contributed by atoms with E-state index in [1.54, 1.807) is 54.9 Å². The van der Waals surface area contributed by atoms with Crippen molar-refractivity contribution in [3.8, 4) is 5.75 Å². The molecule has 1 N–H and O–H groups in total. The third kappa shape index (κ3) is 4.27. The molecule has 0 bridgehead atoms. The number of likely N-dealkylation sites (tertiary alicyclic amines) is 1. The number of Topliss-reactive ketones (excluding diaryl/α,β-unsaturated/α-hetero) is 1. The SMILES string of the molecule is CC(C)COc1ccc(/C(O)=C2/C(=O)C(=O)N(Cc3cccnc3)C2c2ccco2)cc1. The van der Waals surface area contributed by atoms with E-state index in [1.807, 2.05) is 6.07 Å². The van der Waals surface area contributed by atoms with E-state index in [4.69, 9.17) is 9.15 Å². The number of carbonyl (C=O) groups excluding carboxylic acids is 2. The van der Waals surface area contributed by atoms with Crippen molar-refractivity contribution in [1.29, 1.82) is 0 Å². The van der Waals surface area contributed by atoms with Gasteiger partial charge in [-0.1, -0.05) is 19.9 Å². The highest BCUT2D eigenvalue weighted by molar-refractivity contribution is 6.46. The first kappa shape index (κ1) is 21.4. The molecule has 0 aliphatic carbocycles. The van der Waals surface area contributed by atoms with Crippen LogP contribution in [-0.2, 0) is 16.1 Å². The van der Waals surface area contributed by atoms with Crippen LogP contribution in [0.25, 0.3) is 5.76 Å². The molecule has 1 fully saturated rings. The summed E-state index contributed by atoms with van der Waals surface area (Å²) in [6.45, 7) is 4.84. The second-order valence-corrected chi connectivity index (χ2v) is 8.03. The summed E-state index contributed by atoms with van der Waals surface area (Å²) in [5.41, 5.74) is 1.17. The number of nitrogens with zero attached hydrogens (tertiary/aromatic N) is 2. The van der Waals surface area contributed by atoms with E-state index in [9.17, 15) is 14.7 Å². The number of rotatable bonds is 7. The van der Waals surface area contributed by atoms with Crippen LogP contribution in [0.4, 0.5) is 0 Å². The van der Waals surface area contributed by atoms with Crippen LogP contribution in [0.5, 0.6) is 5.75 Å². The Morgan fingerprint density at radius 2 is 1.94 bits per heavy atom. The first-order chi connectivity index (χ1) is 15.5. The number of aliphatic hydroxyl groups excluding tert-OH is 1. The number of aliphatic hydroxyl groups is 1. The maximum Gasteiger partial charge on any atom is 0.296 e. The lowest BCUT2D eigenvalue weighted by atomic mass is 9.99. The molecular formula is C25H24N2O5. The van der Waals surface area contributed by atoms with E-state index >= 15 is 0 Å². The van der Waals surface area contributed by atoms with E-state index in [2.05, 4.69) is 18.8 Å². The van der Waals surface area contributed by atoms with Crippen molar-refractivity contribution in [3.63, 3.8) is 0 Å². The molecule has 0 saturated carbocycles. The first-order valence-electron chi connectivity index (χ1n) is 10.4. The highest BCUT2D eigenvalue weighted by Gasteiger charge is 2.47. The van der Waals surface area contributed by atoms with Crippen LogP contribution in [0, 0.1) is 5.92 Å². The molecule has 4 rings (SSSR count). The van der Waals surface area contributed by atoms with Gasteiger partial charge in [-0.05, 0) is 53.9 Å². The molecule has 1 amide bonds. The highest BCUT2D eigenvalue weighted by Crippen LogP contribution is 2.40. The monoisotopic (exact) mass is 432 g/mol. The number of ketones is 1. The Hall–Kier alpha value is -3.87. The number of amides is 1. The Balaban J connectivity index is 1.71. The minimum absolute atomic E-state index is 0.00955. The van der Waals surface area contributed by atoms with E-state index in [0.29, 0.717) is 29.6 Å². The smallest absolute Gasteiger partial charge is 0.296 e. The van der Waals surface area contributed by atoms with E-state index < -0.39 is 17.7 Å². The van der Waals surface area contributed by atoms with Crippen LogP contribution in [0.3, 0.4) is 0 Å². The van der Waals surface area contributed by atoms with Gasteiger partial charge in [0.05, 0.1) is 18.4 Å². The number of hydrogen-bond donors (Lipinski definition) is 1. The normalized spacial score (nSPS) is 17.8. The van der Waals surface area contributed by atoms with E-state index in [0.717, 1.165) is 5.56 Å². The first-order valence-corrected chi connectivity index (χ1v) is 10.4. The zero-order valence-corrected chi connectivity index (χ0v) is 17.9. The Morgan fingerprint density at radius 3 is 2.56 bits per heavy atom. The molecule has 32 heavy (non-hydrogen) atoms. The Kier molecular flexibility index (Phi) is 6.07. The van der Waals surface area contributed by atoms with Gasteiger partial charge in [0.1, 0.15) is 23.3 Å². The van der Waals surface area contributed by atoms with Crippen LogP contribution >= 0.6 is 0 Å². The van der Waals surface area contributed by atoms with Crippen LogP contribution in [0.2, 0.25) is 0 Å². The fourth-order valence-corrected chi connectivity index (χ4v) is 3.60.